The fourth-order valence-corrected chi connectivity index (χ4v) is 14.4. The number of H-pyrrole nitrogens is 2. The number of carboxylic acids is 4. The number of aromatic nitrogens is 6. The summed E-state index contributed by atoms with van der Waals surface area (Å²) in [6.45, 7) is 5.61. The molecule has 16 amide bonds. The Kier molecular flexibility index (Phi) is 42.3. The number of aliphatic hydroxyl groups is 1. The molecule has 3 aromatic heterocycles. The summed E-state index contributed by atoms with van der Waals surface area (Å²) in [5.41, 5.74) is 12.4. The second-order valence-electron chi connectivity index (χ2n) is 34.0. The Balaban J connectivity index is 1.29. The molecule has 1 aliphatic heterocycles. The SMILES string of the molecule is CCCCCCCn1nnc(CC(=O)NC(Cc2c[nH]c3ccccc23)C(=O)NC(CC(N)=O)C(=O)NC(CC(=O)O)C(=O)NC2C(=O)NCC(=O)NC(CCCNC(=O)C(Cc3c[nH]c4ccccc34)NC(=O)OC(C)(C)C)C(=O)NC(CC(=O)O)C(=O)NC(C)C(=O)NC(CC(=O)O)C(=O)NCC(=O)NC(CO)C(=O)NC(C(C)CC(=O)O)C(=O)NC(CC(=O)c3ccccc3N)C(=O)OC2C)n1. The maximum atomic E-state index is 15.2. The number of amides is 16. The molecule has 3 aromatic carbocycles. The van der Waals surface area contributed by atoms with Gasteiger partial charge in [-0.2, -0.15) is 4.80 Å². The molecule has 1 aliphatic rings. The van der Waals surface area contributed by atoms with Gasteiger partial charge in [0.2, 0.25) is 88.6 Å². The van der Waals surface area contributed by atoms with Gasteiger partial charge >= 0.3 is 35.9 Å². The first kappa shape index (κ1) is 111. The number of alkyl carbamates (subject to hydrolysis) is 1. The minimum Gasteiger partial charge on any atom is -0.481 e. The van der Waals surface area contributed by atoms with E-state index in [-0.39, 0.29) is 36.3 Å². The number of nitrogens with zero attached hydrogens (tertiary/aromatic N) is 4. The van der Waals surface area contributed by atoms with E-state index in [1.165, 1.54) is 35.3 Å². The summed E-state index contributed by atoms with van der Waals surface area (Å²) in [5, 5.41) is 97.5. The highest BCUT2D eigenvalue weighted by atomic mass is 16.6. The van der Waals surface area contributed by atoms with Crippen molar-refractivity contribution in [1.29, 1.82) is 0 Å². The number of primary amides is 1. The summed E-state index contributed by atoms with van der Waals surface area (Å²) in [5.74, 6) is -32.2. The van der Waals surface area contributed by atoms with Gasteiger partial charge in [-0.3, -0.25) is 95.9 Å². The number of unbranched alkanes of at least 4 members (excludes halogenated alkanes) is 4. The Bertz CT molecular complexity index is 5530. The van der Waals surface area contributed by atoms with E-state index in [0.29, 0.717) is 45.9 Å². The number of aliphatic hydroxyl groups excluding tert-OH is 1. The van der Waals surface area contributed by atoms with Crippen LogP contribution in [0.1, 0.15) is 159 Å². The number of nitrogens with two attached hydrogens (primary N) is 2. The predicted molar refractivity (Wildman–Crippen MR) is 487 cm³/mol. The third kappa shape index (κ3) is 35.9. The molecule has 0 spiro atoms. The fraction of sp³-hybridized carbons (Fsp3) is 0.489. The van der Waals surface area contributed by atoms with Crippen LogP contribution in [-0.2, 0) is 131 Å². The summed E-state index contributed by atoms with van der Waals surface area (Å²) < 4.78 is 11.2. The van der Waals surface area contributed by atoms with Gasteiger partial charge in [0.15, 0.2) is 11.6 Å². The normalized spacial score (nSPS) is 19.8. The number of carbonyl (C=O) groups excluding carboxylic acids is 18. The number of hydrogen-bond donors (Lipinski definition) is 24. The van der Waals surface area contributed by atoms with Crippen molar-refractivity contribution < 1.29 is 140 Å². The molecule has 1 saturated heterocycles. The second kappa shape index (κ2) is 53.4. The second-order valence-corrected chi connectivity index (χ2v) is 34.0. The van der Waals surface area contributed by atoms with E-state index < -0.39 is 298 Å². The lowest BCUT2D eigenvalue weighted by Crippen LogP contribution is -2.62. The zero-order valence-electron chi connectivity index (χ0n) is 77.5. The Hall–Kier alpha value is -16.1. The number of carboxylic acid groups (broad SMARTS) is 4. The van der Waals surface area contributed by atoms with Crippen LogP contribution in [0.2, 0.25) is 0 Å². The molecule has 4 heterocycles. The average molecular weight is 1960 g/mol. The number of carbonyl (C=O) groups is 22. The summed E-state index contributed by atoms with van der Waals surface area (Å²) in [7, 11) is 0. The third-order valence-electron chi connectivity index (χ3n) is 21.5. The summed E-state index contributed by atoms with van der Waals surface area (Å²) in [4.78, 5) is 314. The van der Waals surface area contributed by atoms with Crippen LogP contribution in [0, 0.1) is 5.92 Å². The number of benzene rings is 3. The van der Waals surface area contributed by atoms with Gasteiger partial charge in [0.05, 0.1) is 64.8 Å². The van der Waals surface area contributed by atoms with Crippen molar-refractivity contribution in [2.45, 2.75) is 242 Å². The number of aromatic amines is 2. The molecule has 0 bridgehead atoms. The molecule has 0 saturated carbocycles. The zero-order valence-corrected chi connectivity index (χ0v) is 77.5. The highest BCUT2D eigenvalue weighted by Crippen LogP contribution is 2.24. The molecular formula is C88H117N23O29. The number of Topliss-reactive ketones (excluding diaryl/α,β-unsaturated/α-hetero) is 1. The van der Waals surface area contributed by atoms with Crippen LogP contribution < -0.4 is 91.2 Å². The van der Waals surface area contributed by atoms with Gasteiger partial charge in [-0.25, -0.2) is 9.59 Å². The number of aliphatic carboxylic acids is 4. The Morgan fingerprint density at radius 1 is 0.550 bits per heavy atom. The quantitative estimate of drug-likeness (QED) is 0.00743. The van der Waals surface area contributed by atoms with Crippen LogP contribution in [0.15, 0.2) is 85.2 Å². The summed E-state index contributed by atoms with van der Waals surface area (Å²) in [6.07, 6.45) is -5.06. The number of aryl methyl sites for hydroxylation is 1. The number of esters is 1. The van der Waals surface area contributed by atoms with E-state index in [0.717, 1.165) is 46.5 Å². The Morgan fingerprint density at radius 3 is 1.66 bits per heavy atom. The van der Waals surface area contributed by atoms with Gasteiger partial charge in [0.1, 0.15) is 84.2 Å². The molecule has 7 rings (SSSR count). The monoisotopic (exact) mass is 1960 g/mol. The molecule has 0 radical (unpaired) electrons. The first-order valence-electron chi connectivity index (χ1n) is 44.5. The van der Waals surface area contributed by atoms with Gasteiger partial charge < -0.3 is 136 Å². The Labute approximate surface area is 798 Å². The maximum Gasteiger partial charge on any atom is 0.408 e. The number of rotatable bonds is 40. The van der Waals surface area contributed by atoms with Crippen LogP contribution in [-0.4, -0.2) is 296 Å². The van der Waals surface area contributed by atoms with Crippen molar-refractivity contribution in [2.75, 3.05) is 32.0 Å². The number of hydrogen-bond acceptors (Lipinski definition) is 29. The standard InChI is InChI=1S/C88H117N23O29/c1-8-9-10-11-18-28-111-109-65(108-110-111)37-66(115)98-56(31-47-39-93-53-25-17-14-21-49(47)53)80(131)101-57(33-64(90)114)81(132)103-60(36-72(124)125)82(133)107-74-45(4)139-86(137)61(32-63(113)50-22-12-15-23-51(50)89)104-85(136)73(43(2)29-69(118)119)106-83(134)62(42-112)99-68(117)40-94-77(128)58(34-70(120)121)100-75(126)44(3)96-79(130)59(35-71(122)123)102-78(129)54(97-67(116)41-95-84(74)135)26-19-27-91-76(127)55(105-87(138)140-88(5,6)7)30-46-38-92-52-24-16-13-20-48(46)52/h12-17,20-25,38-39,43-45,54-62,73-74,92-93,112H,8-11,18-19,26-37,40-42,89H2,1-7H3,(H2,90,114)(H,91,127)(H,94,128)(H,95,135)(H,96,130)(H,97,116)(H,98,115)(H,99,117)(H,100,126)(H,101,131)(H,102,129)(H,103,132)(H,104,136)(H,105,138)(H,106,134)(H,107,133)(H,118,119)(H,120,121)(H,122,123)(H,124,125). The third-order valence-corrected chi connectivity index (χ3v) is 21.5. The van der Waals surface area contributed by atoms with E-state index in [2.05, 4.69) is 96.1 Å². The summed E-state index contributed by atoms with van der Waals surface area (Å²) in [6, 6.07) is -6.39. The van der Waals surface area contributed by atoms with Crippen molar-refractivity contribution in [2.24, 2.45) is 11.7 Å². The highest BCUT2D eigenvalue weighted by molar-refractivity contribution is 6.05. The molecule has 52 heteroatoms. The Morgan fingerprint density at radius 2 is 1.08 bits per heavy atom. The van der Waals surface area contributed by atoms with E-state index in [1.54, 1.807) is 75.5 Å². The first-order valence-corrected chi connectivity index (χ1v) is 44.5. The van der Waals surface area contributed by atoms with Crippen LogP contribution in [0.25, 0.3) is 21.8 Å². The van der Waals surface area contributed by atoms with Crippen molar-refractivity contribution in [3.63, 3.8) is 0 Å². The topological polar surface area (TPSA) is 803 Å². The molecular weight excluding hydrogens is 1840 g/mol. The highest BCUT2D eigenvalue weighted by Gasteiger charge is 2.42. The summed E-state index contributed by atoms with van der Waals surface area (Å²) >= 11 is 0. The minimum absolute atomic E-state index is 0.0520. The molecule has 1 fully saturated rings. The van der Waals surface area contributed by atoms with E-state index in [4.69, 9.17) is 20.9 Å². The van der Waals surface area contributed by atoms with Crippen LogP contribution in [0.4, 0.5) is 10.5 Å². The van der Waals surface area contributed by atoms with E-state index in [1.807, 2.05) is 16.0 Å². The number of ketones is 1. The zero-order chi connectivity index (χ0) is 103. The number of anilines is 1. The predicted octanol–water partition coefficient (Wildman–Crippen LogP) is -4.79. The maximum absolute atomic E-state index is 15.2. The van der Waals surface area contributed by atoms with Crippen molar-refractivity contribution in [3.8, 4) is 0 Å². The van der Waals surface area contributed by atoms with Crippen molar-refractivity contribution in [1.82, 2.24) is 110 Å². The van der Waals surface area contributed by atoms with Gasteiger partial charge in [0.25, 0.3) is 0 Å². The first-order chi connectivity index (χ1) is 66.2. The fourth-order valence-electron chi connectivity index (χ4n) is 14.4. The molecule has 6 aromatic rings. The van der Waals surface area contributed by atoms with Gasteiger partial charge in [-0.15, -0.1) is 10.2 Å². The number of para-hydroxylation sites is 3. The van der Waals surface area contributed by atoms with E-state index in [9.17, 15) is 117 Å². The number of nitrogen functional groups attached to an aromatic ring is 1. The van der Waals surface area contributed by atoms with Gasteiger partial charge in [-0.1, -0.05) is 88.1 Å². The van der Waals surface area contributed by atoms with E-state index >= 15 is 14.4 Å². The lowest BCUT2D eigenvalue weighted by atomic mass is 9.96. The molecule has 14 unspecified atom stereocenters. The smallest absolute Gasteiger partial charge is 0.408 e. The molecule has 140 heavy (non-hydrogen) atoms. The number of nitrogens with one attached hydrogen (secondary N) is 17. The van der Waals surface area contributed by atoms with Crippen molar-refractivity contribution in [3.05, 3.63) is 108 Å². The van der Waals surface area contributed by atoms with Gasteiger partial charge in [-0.05, 0) is 100 Å². The molecule has 26 N–H and O–H groups in total. The largest absolute Gasteiger partial charge is 0.481 e. The number of ether oxygens (including phenoxy) is 2. The number of cyclic esters (lactones) is 1. The molecule has 14 atom stereocenters. The van der Waals surface area contributed by atoms with Crippen molar-refractivity contribution >= 4 is 158 Å². The average Bonchev–Trinajstić information content (AvgIpc) is 1.66. The van der Waals surface area contributed by atoms with Crippen LogP contribution >= 0.6 is 0 Å². The van der Waals surface area contributed by atoms with Gasteiger partial charge in [0, 0.05) is 71.3 Å². The molecule has 52 nitrogen and oxygen atoms in total. The molecule has 758 valence electrons. The lowest BCUT2D eigenvalue weighted by Gasteiger charge is -2.30. The lowest BCUT2D eigenvalue weighted by molar-refractivity contribution is -0.156. The minimum atomic E-state index is -2.56. The number of tetrazole rings is 1. The van der Waals surface area contributed by atoms with Crippen LogP contribution in [0.3, 0.4) is 0 Å². The number of fused-ring (bicyclic) bond motifs is 2. The van der Waals surface area contributed by atoms with Crippen LogP contribution in [0.5, 0.6) is 0 Å². The molecule has 0 aliphatic carbocycles.